The summed E-state index contributed by atoms with van der Waals surface area (Å²) >= 11 is 11.6. The zero-order chi connectivity index (χ0) is 9.42. The van der Waals surface area contributed by atoms with Crippen LogP contribution < -0.4 is 5.73 Å². The zero-order valence-corrected chi connectivity index (χ0v) is 8.52. The third kappa shape index (κ3) is 1.80. The Morgan fingerprint density at radius 2 is 2.31 bits per heavy atom. The highest BCUT2D eigenvalue weighted by Crippen LogP contribution is 2.47. The lowest BCUT2D eigenvalue weighted by Gasteiger charge is -2.00. The van der Waals surface area contributed by atoms with E-state index in [1.165, 1.54) is 0 Å². The molecule has 70 valence electrons. The van der Waals surface area contributed by atoms with Crippen molar-refractivity contribution in [2.45, 2.75) is 12.3 Å². The first-order chi connectivity index (χ1) is 6.22. The summed E-state index contributed by atoms with van der Waals surface area (Å²) in [5, 5.41) is 0.900. The van der Waals surface area contributed by atoms with Crippen molar-refractivity contribution in [1.29, 1.82) is 0 Å². The van der Waals surface area contributed by atoms with Crippen LogP contribution in [0.15, 0.2) is 12.3 Å². The molecule has 13 heavy (non-hydrogen) atoms. The van der Waals surface area contributed by atoms with E-state index >= 15 is 0 Å². The molecule has 1 aliphatic carbocycles. The van der Waals surface area contributed by atoms with Gasteiger partial charge in [0, 0.05) is 6.20 Å². The van der Waals surface area contributed by atoms with Crippen molar-refractivity contribution < 1.29 is 0 Å². The van der Waals surface area contributed by atoms with Crippen LogP contribution in [-0.2, 0) is 0 Å². The molecule has 1 saturated carbocycles. The molecule has 4 heteroatoms. The highest BCUT2D eigenvalue weighted by atomic mass is 35.5. The van der Waals surface area contributed by atoms with Crippen molar-refractivity contribution in [2.75, 3.05) is 6.54 Å². The Morgan fingerprint density at radius 3 is 2.85 bits per heavy atom. The van der Waals surface area contributed by atoms with Gasteiger partial charge in [0.25, 0.3) is 0 Å². The standard InChI is InChI=1S/C9H10Cl2N2/c10-8-2-6(4-13-9(8)11)7-1-5(7)3-12/h2,4-5,7H,1,3,12H2/t5-,7+/m0/s1. The largest absolute Gasteiger partial charge is 0.330 e. The van der Waals surface area contributed by atoms with Gasteiger partial charge in [0.15, 0.2) is 0 Å². The van der Waals surface area contributed by atoms with Gasteiger partial charge in [-0.2, -0.15) is 0 Å². The molecule has 0 saturated heterocycles. The van der Waals surface area contributed by atoms with Crippen LogP contribution in [0.5, 0.6) is 0 Å². The van der Waals surface area contributed by atoms with Crippen LogP contribution in [-0.4, -0.2) is 11.5 Å². The maximum Gasteiger partial charge on any atom is 0.147 e. The highest BCUT2D eigenvalue weighted by molar-refractivity contribution is 6.41. The summed E-state index contributed by atoms with van der Waals surface area (Å²) in [4.78, 5) is 4.00. The molecule has 2 atom stereocenters. The van der Waals surface area contributed by atoms with Crippen molar-refractivity contribution in [1.82, 2.24) is 4.98 Å². The number of hydrogen-bond donors (Lipinski definition) is 1. The van der Waals surface area contributed by atoms with E-state index in [0.29, 0.717) is 22.0 Å². The van der Waals surface area contributed by atoms with E-state index in [0.717, 1.165) is 18.5 Å². The number of hydrogen-bond acceptors (Lipinski definition) is 2. The van der Waals surface area contributed by atoms with Crippen LogP contribution in [0.4, 0.5) is 0 Å². The van der Waals surface area contributed by atoms with Crippen LogP contribution in [0.2, 0.25) is 10.2 Å². The van der Waals surface area contributed by atoms with Crippen LogP contribution in [0.3, 0.4) is 0 Å². The first kappa shape index (κ1) is 9.25. The van der Waals surface area contributed by atoms with E-state index in [1.54, 1.807) is 6.20 Å². The average Bonchev–Trinajstić information content (AvgIpc) is 2.88. The Hall–Kier alpha value is -0.310. The lowest BCUT2D eigenvalue weighted by atomic mass is 10.1. The van der Waals surface area contributed by atoms with E-state index in [1.807, 2.05) is 6.07 Å². The number of halogens is 2. The smallest absolute Gasteiger partial charge is 0.147 e. The fourth-order valence-corrected chi connectivity index (χ4v) is 1.83. The quantitative estimate of drug-likeness (QED) is 0.772. The number of aromatic nitrogens is 1. The predicted octanol–water partition coefficient (Wildman–Crippen LogP) is 2.45. The van der Waals surface area contributed by atoms with Crippen molar-refractivity contribution in [3.63, 3.8) is 0 Å². The van der Waals surface area contributed by atoms with Gasteiger partial charge in [-0.15, -0.1) is 0 Å². The summed E-state index contributed by atoms with van der Waals surface area (Å²) in [6.07, 6.45) is 2.94. The molecule has 0 radical (unpaired) electrons. The summed E-state index contributed by atoms with van der Waals surface area (Å²) in [6, 6.07) is 1.89. The van der Waals surface area contributed by atoms with Crippen LogP contribution in [0.25, 0.3) is 0 Å². The van der Waals surface area contributed by atoms with Crippen molar-refractivity contribution in [3.8, 4) is 0 Å². The Balaban J connectivity index is 2.19. The second-order valence-electron chi connectivity index (χ2n) is 3.38. The fraction of sp³-hybridized carbons (Fsp3) is 0.444. The molecule has 2 nitrogen and oxygen atoms in total. The van der Waals surface area contributed by atoms with Crippen molar-refractivity contribution in [2.24, 2.45) is 11.7 Å². The van der Waals surface area contributed by atoms with Crippen molar-refractivity contribution in [3.05, 3.63) is 28.0 Å². The van der Waals surface area contributed by atoms with E-state index in [-0.39, 0.29) is 0 Å². The topological polar surface area (TPSA) is 38.9 Å². The minimum absolute atomic E-state index is 0.371. The molecule has 2 N–H and O–H groups in total. The lowest BCUT2D eigenvalue weighted by Crippen LogP contribution is -2.02. The second-order valence-corrected chi connectivity index (χ2v) is 4.14. The van der Waals surface area contributed by atoms with Gasteiger partial charge in [-0.1, -0.05) is 23.2 Å². The number of nitrogens with zero attached hydrogens (tertiary/aromatic N) is 1. The summed E-state index contributed by atoms with van der Waals surface area (Å²) in [5.74, 6) is 1.16. The second kappa shape index (κ2) is 3.45. The molecule has 0 aromatic carbocycles. The number of rotatable bonds is 2. The SMILES string of the molecule is NC[C@@H]1C[C@H]1c1cnc(Cl)c(Cl)c1. The molecule has 1 aromatic heterocycles. The Labute approximate surface area is 87.1 Å². The minimum Gasteiger partial charge on any atom is -0.330 e. The van der Waals surface area contributed by atoms with Gasteiger partial charge in [0.1, 0.15) is 5.15 Å². The summed E-state index contributed by atoms with van der Waals surface area (Å²) < 4.78 is 0. The van der Waals surface area contributed by atoms with E-state index in [4.69, 9.17) is 28.9 Å². The van der Waals surface area contributed by atoms with E-state index < -0.39 is 0 Å². The van der Waals surface area contributed by atoms with Gasteiger partial charge in [-0.3, -0.25) is 0 Å². The molecular formula is C9H10Cl2N2. The lowest BCUT2D eigenvalue weighted by molar-refractivity contribution is 0.808. The van der Waals surface area contributed by atoms with Gasteiger partial charge in [0.2, 0.25) is 0 Å². The van der Waals surface area contributed by atoms with Gasteiger partial charge in [-0.05, 0) is 36.4 Å². The average molecular weight is 217 g/mol. The molecule has 1 aliphatic rings. The molecule has 0 spiro atoms. The Morgan fingerprint density at radius 1 is 1.54 bits per heavy atom. The summed E-state index contributed by atoms with van der Waals surface area (Å²) in [5.41, 5.74) is 6.71. The monoisotopic (exact) mass is 216 g/mol. The molecule has 2 rings (SSSR count). The molecule has 0 aliphatic heterocycles. The molecule has 0 amide bonds. The number of pyridine rings is 1. The highest BCUT2D eigenvalue weighted by Gasteiger charge is 2.37. The normalized spacial score (nSPS) is 26.1. The molecule has 1 heterocycles. The first-order valence-electron chi connectivity index (χ1n) is 4.23. The van der Waals surface area contributed by atoms with E-state index in [2.05, 4.69) is 4.98 Å². The fourth-order valence-electron chi connectivity index (χ4n) is 1.56. The van der Waals surface area contributed by atoms with Crippen molar-refractivity contribution >= 4 is 23.2 Å². The van der Waals surface area contributed by atoms with Gasteiger partial charge in [-0.25, -0.2) is 4.98 Å². The number of nitrogens with two attached hydrogens (primary N) is 1. The van der Waals surface area contributed by atoms with Crippen LogP contribution in [0, 0.1) is 5.92 Å². The van der Waals surface area contributed by atoms with Crippen LogP contribution in [0.1, 0.15) is 17.9 Å². The maximum absolute atomic E-state index is 5.85. The van der Waals surface area contributed by atoms with E-state index in [9.17, 15) is 0 Å². The van der Waals surface area contributed by atoms with Gasteiger partial charge < -0.3 is 5.73 Å². The molecule has 1 aromatic rings. The van der Waals surface area contributed by atoms with Crippen LogP contribution >= 0.6 is 23.2 Å². The third-order valence-corrected chi connectivity index (χ3v) is 3.16. The predicted molar refractivity (Wildman–Crippen MR) is 54.2 cm³/mol. The third-order valence-electron chi connectivity index (χ3n) is 2.47. The molecule has 1 fully saturated rings. The maximum atomic E-state index is 5.85. The molecule has 0 unspecified atom stereocenters. The minimum atomic E-state index is 0.371. The first-order valence-corrected chi connectivity index (χ1v) is 4.99. The van der Waals surface area contributed by atoms with Gasteiger partial charge in [0.05, 0.1) is 5.02 Å². The summed E-state index contributed by atoms with van der Waals surface area (Å²) in [7, 11) is 0. The Bertz CT molecular complexity index is 327. The van der Waals surface area contributed by atoms with Gasteiger partial charge >= 0.3 is 0 Å². The summed E-state index contributed by atoms with van der Waals surface area (Å²) in [6.45, 7) is 0.741. The zero-order valence-electron chi connectivity index (χ0n) is 7.00. The molecule has 0 bridgehead atoms. The molecular weight excluding hydrogens is 207 g/mol. The Kier molecular flexibility index (Phi) is 2.45.